The topological polar surface area (TPSA) is 88.2 Å². The number of hydrogen-bond acceptors (Lipinski definition) is 5. The van der Waals surface area contributed by atoms with Crippen LogP contribution in [0, 0.1) is 0 Å². The Kier molecular flexibility index (Phi) is 4.18. The van der Waals surface area contributed by atoms with Crippen LogP contribution in [0.25, 0.3) is 0 Å². The first-order valence-corrected chi connectivity index (χ1v) is 8.76. The number of para-hydroxylation sites is 1. The average molecular weight is 381 g/mol. The van der Waals surface area contributed by atoms with Gasteiger partial charge in [-0.15, -0.1) is 0 Å². The molecule has 0 radical (unpaired) electrons. The Labute approximate surface area is 161 Å². The van der Waals surface area contributed by atoms with Crippen LogP contribution in [0.3, 0.4) is 0 Å². The number of fused-ring (bicyclic) bond motifs is 1. The van der Waals surface area contributed by atoms with Gasteiger partial charge in [0, 0.05) is 12.7 Å². The molecule has 1 saturated heterocycles. The number of amides is 4. The lowest BCUT2D eigenvalue weighted by Gasteiger charge is -2.23. The Morgan fingerprint density at radius 3 is 2.61 bits per heavy atom. The molecule has 8 nitrogen and oxygen atoms in total. The highest BCUT2D eigenvalue weighted by Crippen LogP contribution is 2.37. The molecule has 2 aliphatic rings. The van der Waals surface area contributed by atoms with Gasteiger partial charge in [0.1, 0.15) is 12.1 Å². The number of nitrogens with one attached hydrogen (secondary N) is 1. The molecule has 1 N–H and O–H groups in total. The standard InChI is InChI=1S/C20H19N3O5/c1-20(13-8-9-15-16(10-13)28-12-27-15)18(25)23(19(26)21-20)11-17(24)22(2)14-6-4-3-5-7-14/h3-10H,11-12H2,1-2H3,(H,21,26). The maximum absolute atomic E-state index is 13.0. The number of ether oxygens (including phenoxy) is 2. The van der Waals surface area contributed by atoms with Crippen molar-refractivity contribution in [2.24, 2.45) is 0 Å². The number of hydrogen-bond donors (Lipinski definition) is 1. The highest BCUT2D eigenvalue weighted by molar-refractivity contribution is 6.10. The first-order chi connectivity index (χ1) is 13.4. The van der Waals surface area contributed by atoms with E-state index in [4.69, 9.17) is 9.47 Å². The minimum Gasteiger partial charge on any atom is -0.454 e. The number of anilines is 1. The SMILES string of the molecule is CN(C(=O)CN1C(=O)NC(C)(c2ccc3c(c2)OCO3)C1=O)c1ccccc1. The molecular formula is C20H19N3O5. The Bertz CT molecular complexity index is 962. The third kappa shape index (κ3) is 2.83. The number of carbonyl (C=O) groups excluding carboxylic acids is 3. The van der Waals surface area contributed by atoms with Crippen molar-refractivity contribution in [1.29, 1.82) is 0 Å². The van der Waals surface area contributed by atoms with Gasteiger partial charge in [-0.1, -0.05) is 24.3 Å². The van der Waals surface area contributed by atoms with Gasteiger partial charge in [-0.3, -0.25) is 14.5 Å². The second kappa shape index (κ2) is 6.56. The largest absolute Gasteiger partial charge is 0.454 e. The predicted molar refractivity (Wildman–Crippen MR) is 100 cm³/mol. The summed E-state index contributed by atoms with van der Waals surface area (Å²) in [5.74, 6) is 0.232. The fourth-order valence-electron chi connectivity index (χ4n) is 3.28. The predicted octanol–water partition coefficient (Wildman–Crippen LogP) is 1.85. The second-order valence-corrected chi connectivity index (χ2v) is 6.80. The zero-order chi connectivity index (χ0) is 19.9. The van der Waals surface area contributed by atoms with Gasteiger partial charge < -0.3 is 19.7 Å². The summed E-state index contributed by atoms with van der Waals surface area (Å²) in [7, 11) is 1.60. The van der Waals surface area contributed by atoms with Crippen LogP contribution in [-0.4, -0.2) is 43.1 Å². The van der Waals surface area contributed by atoms with Gasteiger partial charge in [0.05, 0.1) is 0 Å². The maximum Gasteiger partial charge on any atom is 0.325 e. The number of carbonyl (C=O) groups is 3. The van der Waals surface area contributed by atoms with Crippen molar-refractivity contribution in [3.63, 3.8) is 0 Å². The maximum atomic E-state index is 13.0. The van der Waals surface area contributed by atoms with Crippen LogP contribution in [0.1, 0.15) is 12.5 Å². The number of likely N-dealkylation sites (N-methyl/N-ethyl adjacent to an activating group) is 1. The third-order valence-electron chi connectivity index (χ3n) is 5.04. The smallest absolute Gasteiger partial charge is 0.325 e. The summed E-state index contributed by atoms with van der Waals surface area (Å²) in [6.07, 6.45) is 0. The Balaban J connectivity index is 1.54. The molecule has 2 heterocycles. The summed E-state index contributed by atoms with van der Waals surface area (Å²) >= 11 is 0. The minimum absolute atomic E-state index is 0.113. The Morgan fingerprint density at radius 2 is 1.86 bits per heavy atom. The van der Waals surface area contributed by atoms with E-state index in [9.17, 15) is 14.4 Å². The molecule has 144 valence electrons. The van der Waals surface area contributed by atoms with E-state index in [0.29, 0.717) is 22.7 Å². The zero-order valence-electron chi connectivity index (χ0n) is 15.5. The van der Waals surface area contributed by atoms with Crippen molar-refractivity contribution in [2.75, 3.05) is 25.3 Å². The van der Waals surface area contributed by atoms with Crippen LogP contribution in [0.4, 0.5) is 10.5 Å². The van der Waals surface area contributed by atoms with Crippen LogP contribution in [0.2, 0.25) is 0 Å². The fraction of sp³-hybridized carbons (Fsp3) is 0.250. The van der Waals surface area contributed by atoms with Crippen molar-refractivity contribution >= 4 is 23.5 Å². The lowest BCUT2D eigenvalue weighted by atomic mass is 9.91. The highest BCUT2D eigenvalue weighted by Gasteiger charge is 2.50. The van der Waals surface area contributed by atoms with Crippen molar-refractivity contribution < 1.29 is 23.9 Å². The van der Waals surface area contributed by atoms with Crippen LogP contribution in [0.5, 0.6) is 11.5 Å². The average Bonchev–Trinajstić information content (AvgIpc) is 3.26. The molecule has 4 rings (SSSR count). The summed E-state index contributed by atoms with van der Waals surface area (Å²) in [5, 5.41) is 2.69. The number of urea groups is 1. The van der Waals surface area contributed by atoms with Gasteiger partial charge in [0.25, 0.3) is 5.91 Å². The molecule has 0 aromatic heterocycles. The van der Waals surface area contributed by atoms with E-state index in [0.717, 1.165) is 4.90 Å². The van der Waals surface area contributed by atoms with E-state index in [1.54, 1.807) is 44.3 Å². The molecule has 2 aromatic rings. The van der Waals surface area contributed by atoms with Gasteiger partial charge in [-0.2, -0.15) is 0 Å². The van der Waals surface area contributed by atoms with Crippen LogP contribution in [-0.2, 0) is 15.1 Å². The molecule has 0 saturated carbocycles. The lowest BCUT2D eigenvalue weighted by molar-refractivity contribution is -0.134. The summed E-state index contributed by atoms with van der Waals surface area (Å²) in [6.45, 7) is 1.37. The summed E-state index contributed by atoms with van der Waals surface area (Å²) in [6, 6.07) is 13.5. The van der Waals surface area contributed by atoms with Gasteiger partial charge in [-0.25, -0.2) is 4.79 Å². The molecule has 1 fully saturated rings. The van der Waals surface area contributed by atoms with E-state index in [2.05, 4.69) is 5.32 Å². The van der Waals surface area contributed by atoms with Crippen molar-refractivity contribution in [1.82, 2.24) is 10.2 Å². The van der Waals surface area contributed by atoms with Gasteiger partial charge in [0.2, 0.25) is 12.7 Å². The van der Waals surface area contributed by atoms with Crippen LogP contribution < -0.4 is 19.7 Å². The molecule has 8 heteroatoms. The molecule has 4 amide bonds. The summed E-state index contributed by atoms with van der Waals surface area (Å²) < 4.78 is 10.6. The monoisotopic (exact) mass is 381 g/mol. The van der Waals surface area contributed by atoms with Gasteiger partial charge >= 0.3 is 6.03 Å². The van der Waals surface area contributed by atoms with E-state index in [1.165, 1.54) is 4.90 Å². The number of rotatable bonds is 4. The molecule has 0 aliphatic carbocycles. The van der Waals surface area contributed by atoms with Gasteiger partial charge in [-0.05, 0) is 36.8 Å². The van der Waals surface area contributed by atoms with Crippen molar-refractivity contribution in [3.05, 3.63) is 54.1 Å². The molecule has 1 atom stereocenters. The molecule has 28 heavy (non-hydrogen) atoms. The van der Waals surface area contributed by atoms with Crippen LogP contribution in [0.15, 0.2) is 48.5 Å². The molecule has 0 bridgehead atoms. The van der Waals surface area contributed by atoms with Crippen molar-refractivity contribution in [2.45, 2.75) is 12.5 Å². The summed E-state index contributed by atoms with van der Waals surface area (Å²) in [4.78, 5) is 40.5. The number of imide groups is 1. The Hall–Kier alpha value is -3.55. The van der Waals surface area contributed by atoms with E-state index < -0.39 is 17.5 Å². The third-order valence-corrected chi connectivity index (χ3v) is 5.04. The summed E-state index contributed by atoms with van der Waals surface area (Å²) in [5.41, 5.74) is -0.0523. The first-order valence-electron chi connectivity index (χ1n) is 8.76. The first kappa shape index (κ1) is 17.8. The number of benzene rings is 2. The van der Waals surface area contributed by atoms with Crippen molar-refractivity contribution in [3.8, 4) is 11.5 Å². The van der Waals surface area contributed by atoms with E-state index in [1.807, 2.05) is 18.2 Å². The molecule has 2 aromatic carbocycles. The van der Waals surface area contributed by atoms with E-state index >= 15 is 0 Å². The lowest BCUT2D eigenvalue weighted by Crippen LogP contribution is -2.43. The van der Waals surface area contributed by atoms with E-state index in [-0.39, 0.29) is 19.2 Å². The molecular weight excluding hydrogens is 362 g/mol. The van der Waals surface area contributed by atoms with Crippen LogP contribution >= 0.6 is 0 Å². The minimum atomic E-state index is -1.29. The molecule has 0 spiro atoms. The number of nitrogens with zero attached hydrogens (tertiary/aromatic N) is 2. The zero-order valence-corrected chi connectivity index (χ0v) is 15.5. The van der Waals surface area contributed by atoms with Gasteiger partial charge in [0.15, 0.2) is 11.5 Å². The quantitative estimate of drug-likeness (QED) is 0.817. The molecule has 2 aliphatic heterocycles. The normalized spacial score (nSPS) is 20.3. The molecule has 1 unspecified atom stereocenters. The highest BCUT2D eigenvalue weighted by atomic mass is 16.7. The fourth-order valence-corrected chi connectivity index (χ4v) is 3.28. The Morgan fingerprint density at radius 1 is 1.14 bits per heavy atom. The second-order valence-electron chi connectivity index (χ2n) is 6.80.